The van der Waals surface area contributed by atoms with Crippen LogP contribution in [0.2, 0.25) is 0 Å². The van der Waals surface area contributed by atoms with Crippen molar-refractivity contribution >= 4 is 16.7 Å². The molecule has 1 aromatic heterocycles. The lowest BCUT2D eigenvalue weighted by atomic mass is 10.7. The maximum Gasteiger partial charge on any atom is 0.223 e. The lowest BCUT2D eigenvalue weighted by Gasteiger charge is -1.88. The van der Waals surface area contributed by atoms with Crippen LogP contribution in [0, 0.1) is 0 Å². The zero-order valence-electron chi connectivity index (χ0n) is 5.43. The highest BCUT2D eigenvalue weighted by molar-refractivity contribution is 7.88. The molecule has 0 amide bonds. The minimum Gasteiger partial charge on any atom is -0.246 e. The van der Waals surface area contributed by atoms with Crippen LogP contribution < -0.4 is 0 Å². The monoisotopic (exact) mass is 168 g/mol. The van der Waals surface area contributed by atoms with Crippen LogP contribution in [0.5, 0.6) is 0 Å². The Morgan fingerprint density at radius 3 is 2.64 bits per heavy atom. The number of rotatable bonds is 2. The van der Waals surface area contributed by atoms with Crippen LogP contribution in [-0.4, -0.2) is 20.1 Å². The van der Waals surface area contributed by atoms with Gasteiger partial charge in [-0.05, 0) is 6.07 Å². The van der Waals surface area contributed by atoms with Gasteiger partial charge >= 0.3 is 0 Å². The number of hydrogen-bond acceptors (Lipinski definition) is 4. The SMILES string of the molecule is O=C=CS(=O)c1ncccn1. The van der Waals surface area contributed by atoms with E-state index in [2.05, 4.69) is 9.97 Å². The number of carbonyl (C=O) groups excluding carboxylic acids is 1. The van der Waals surface area contributed by atoms with Gasteiger partial charge in [-0.15, -0.1) is 0 Å². The Kier molecular flexibility index (Phi) is 2.66. The van der Waals surface area contributed by atoms with Gasteiger partial charge in [0.1, 0.15) is 16.7 Å². The summed E-state index contributed by atoms with van der Waals surface area (Å²) in [5, 5.41) is 0.992. The van der Waals surface area contributed by atoms with E-state index in [0.717, 1.165) is 5.41 Å². The molecule has 0 fully saturated rings. The fourth-order valence-electron chi connectivity index (χ4n) is 0.486. The van der Waals surface area contributed by atoms with Gasteiger partial charge in [0.25, 0.3) is 0 Å². The first-order valence-electron chi connectivity index (χ1n) is 2.73. The molecule has 0 saturated carbocycles. The van der Waals surface area contributed by atoms with Crippen molar-refractivity contribution < 1.29 is 9.00 Å². The largest absolute Gasteiger partial charge is 0.246 e. The van der Waals surface area contributed by atoms with E-state index in [4.69, 9.17) is 0 Å². The predicted molar refractivity (Wildman–Crippen MR) is 38.7 cm³/mol. The molecule has 0 aliphatic carbocycles. The Balaban J connectivity index is 2.94. The average molecular weight is 168 g/mol. The van der Waals surface area contributed by atoms with E-state index in [1.807, 2.05) is 0 Å². The van der Waals surface area contributed by atoms with Crippen molar-refractivity contribution in [3.8, 4) is 0 Å². The van der Waals surface area contributed by atoms with Gasteiger partial charge in [0.15, 0.2) is 0 Å². The highest BCUT2D eigenvalue weighted by Gasteiger charge is 2.00. The minimum atomic E-state index is -1.55. The summed E-state index contributed by atoms with van der Waals surface area (Å²) in [4.78, 5) is 17.1. The Morgan fingerprint density at radius 2 is 2.09 bits per heavy atom. The molecule has 0 aliphatic rings. The van der Waals surface area contributed by atoms with Crippen LogP contribution in [0.4, 0.5) is 0 Å². The third-order valence-corrected chi connectivity index (χ3v) is 1.76. The van der Waals surface area contributed by atoms with Crippen LogP contribution in [-0.2, 0) is 15.6 Å². The number of nitrogens with zero attached hydrogens (tertiary/aromatic N) is 2. The lowest BCUT2D eigenvalue weighted by Crippen LogP contribution is -1.93. The molecule has 11 heavy (non-hydrogen) atoms. The topological polar surface area (TPSA) is 59.9 Å². The van der Waals surface area contributed by atoms with Crippen molar-refractivity contribution in [2.75, 3.05) is 0 Å². The second-order valence-corrected chi connectivity index (χ2v) is 2.76. The van der Waals surface area contributed by atoms with Crippen LogP contribution in [0.15, 0.2) is 29.0 Å². The van der Waals surface area contributed by atoms with Crippen molar-refractivity contribution in [1.82, 2.24) is 9.97 Å². The van der Waals surface area contributed by atoms with Gasteiger partial charge in [-0.3, -0.25) is 0 Å². The molecule has 0 aliphatic heterocycles. The van der Waals surface area contributed by atoms with Gasteiger partial charge < -0.3 is 0 Å². The zero-order chi connectivity index (χ0) is 8.10. The molecule has 0 bridgehead atoms. The predicted octanol–water partition coefficient (Wildman–Crippen LogP) is -0.0705. The van der Waals surface area contributed by atoms with E-state index in [0.29, 0.717) is 0 Å². The Morgan fingerprint density at radius 1 is 1.45 bits per heavy atom. The molecule has 1 rings (SSSR count). The second kappa shape index (κ2) is 3.75. The fraction of sp³-hybridized carbons (Fsp3) is 0. The molecule has 56 valence electrons. The molecule has 1 aromatic rings. The Bertz CT molecular complexity index is 306. The van der Waals surface area contributed by atoms with E-state index < -0.39 is 10.8 Å². The van der Waals surface area contributed by atoms with Gasteiger partial charge in [0.2, 0.25) is 5.16 Å². The summed E-state index contributed by atoms with van der Waals surface area (Å²) >= 11 is 0. The third kappa shape index (κ3) is 2.07. The van der Waals surface area contributed by atoms with Gasteiger partial charge in [-0.2, -0.15) is 0 Å². The highest BCUT2D eigenvalue weighted by Crippen LogP contribution is 1.95. The van der Waals surface area contributed by atoms with Crippen molar-refractivity contribution in [3.05, 3.63) is 23.9 Å². The van der Waals surface area contributed by atoms with E-state index in [-0.39, 0.29) is 5.16 Å². The quantitative estimate of drug-likeness (QED) is 0.458. The standard InChI is InChI=1S/C6H4N2O2S/c9-4-5-11(10)6-7-2-1-3-8-6/h1-3,5H. The lowest BCUT2D eigenvalue weighted by molar-refractivity contribution is 0.569. The molecule has 1 atom stereocenters. The van der Waals surface area contributed by atoms with Crippen molar-refractivity contribution in [2.45, 2.75) is 5.16 Å². The van der Waals surface area contributed by atoms with Crippen LogP contribution in [0.1, 0.15) is 0 Å². The normalized spacial score (nSPS) is 11.6. The Hall–Kier alpha value is -1.32. The molecule has 4 nitrogen and oxygen atoms in total. The van der Waals surface area contributed by atoms with Gasteiger partial charge in [-0.1, -0.05) is 0 Å². The smallest absolute Gasteiger partial charge is 0.223 e. The van der Waals surface area contributed by atoms with Crippen LogP contribution in [0.3, 0.4) is 0 Å². The van der Waals surface area contributed by atoms with E-state index in [1.165, 1.54) is 18.3 Å². The summed E-state index contributed by atoms with van der Waals surface area (Å²) < 4.78 is 10.9. The molecular weight excluding hydrogens is 164 g/mol. The average Bonchev–Trinajstić information content (AvgIpc) is 2.07. The van der Waals surface area contributed by atoms with Crippen molar-refractivity contribution in [3.63, 3.8) is 0 Å². The van der Waals surface area contributed by atoms with Crippen LogP contribution >= 0.6 is 0 Å². The number of aromatic nitrogens is 2. The zero-order valence-corrected chi connectivity index (χ0v) is 6.25. The molecule has 0 N–H and O–H groups in total. The van der Waals surface area contributed by atoms with E-state index >= 15 is 0 Å². The van der Waals surface area contributed by atoms with E-state index in [1.54, 1.807) is 6.07 Å². The summed E-state index contributed by atoms with van der Waals surface area (Å²) in [7, 11) is -1.55. The summed E-state index contributed by atoms with van der Waals surface area (Å²) in [6.45, 7) is 0. The Labute approximate surface area is 65.4 Å². The van der Waals surface area contributed by atoms with Crippen molar-refractivity contribution in [1.29, 1.82) is 0 Å². The molecular formula is C6H4N2O2S. The highest BCUT2D eigenvalue weighted by atomic mass is 32.2. The summed E-state index contributed by atoms with van der Waals surface area (Å²) in [6.07, 6.45) is 2.91. The molecule has 5 heteroatoms. The first kappa shape index (κ1) is 7.78. The molecule has 1 unspecified atom stereocenters. The van der Waals surface area contributed by atoms with Gasteiger partial charge in [0, 0.05) is 12.4 Å². The first-order chi connectivity index (χ1) is 5.34. The van der Waals surface area contributed by atoms with Gasteiger partial charge in [-0.25, -0.2) is 19.0 Å². The molecule has 0 radical (unpaired) electrons. The third-order valence-electron chi connectivity index (χ3n) is 0.877. The summed E-state index contributed by atoms with van der Waals surface area (Å²) in [5.41, 5.74) is 0. The fourth-order valence-corrected chi connectivity index (χ4v) is 1.01. The summed E-state index contributed by atoms with van der Waals surface area (Å²) in [5.74, 6) is 1.41. The van der Waals surface area contributed by atoms with E-state index in [9.17, 15) is 9.00 Å². The minimum absolute atomic E-state index is 0.121. The van der Waals surface area contributed by atoms with Gasteiger partial charge in [0.05, 0.1) is 5.41 Å². The first-order valence-corrected chi connectivity index (χ1v) is 3.94. The maximum absolute atomic E-state index is 10.9. The second-order valence-electron chi connectivity index (χ2n) is 1.56. The van der Waals surface area contributed by atoms with Crippen molar-refractivity contribution in [2.24, 2.45) is 0 Å². The molecule has 1 heterocycles. The molecule has 0 aromatic carbocycles. The number of hydrogen-bond donors (Lipinski definition) is 0. The molecule has 0 spiro atoms. The maximum atomic E-state index is 10.9. The van der Waals surface area contributed by atoms with Crippen LogP contribution in [0.25, 0.3) is 0 Å². The summed E-state index contributed by atoms with van der Waals surface area (Å²) in [6, 6.07) is 1.60. The molecule has 0 saturated heterocycles.